The summed E-state index contributed by atoms with van der Waals surface area (Å²) < 4.78 is 28.2. The molecule has 0 unspecified atom stereocenters. The highest BCUT2D eigenvalue weighted by molar-refractivity contribution is 6.03. The number of rotatable bonds is 6. The van der Waals surface area contributed by atoms with Crippen molar-refractivity contribution in [3.63, 3.8) is 0 Å². The average Bonchev–Trinajstić information content (AvgIpc) is 2.43. The van der Waals surface area contributed by atoms with E-state index in [9.17, 15) is 23.5 Å². The van der Waals surface area contributed by atoms with E-state index in [0.717, 1.165) is 19.3 Å². The van der Waals surface area contributed by atoms with Crippen molar-refractivity contribution in [2.24, 2.45) is 10.8 Å². The van der Waals surface area contributed by atoms with Crippen LogP contribution in [0.1, 0.15) is 37.7 Å². The summed E-state index contributed by atoms with van der Waals surface area (Å²) in [5, 5.41) is 12.1. The molecule has 6 nitrogen and oxygen atoms in total. The number of carbonyl (C=O) groups is 2. The molecule has 1 spiro atoms. The van der Waals surface area contributed by atoms with Crippen LogP contribution in [0.15, 0.2) is 18.3 Å². The molecule has 0 saturated heterocycles. The number of pyridine rings is 1. The van der Waals surface area contributed by atoms with Crippen LogP contribution < -0.4 is 10.1 Å². The van der Waals surface area contributed by atoms with Gasteiger partial charge in [0, 0.05) is 18.8 Å². The molecule has 2 aliphatic carbocycles. The Hall–Kier alpha value is -2.25. The lowest BCUT2D eigenvalue weighted by Crippen LogP contribution is -2.61. The Kier molecular flexibility index (Phi) is 4.15. The van der Waals surface area contributed by atoms with Gasteiger partial charge >= 0.3 is 12.6 Å². The molecule has 0 aromatic carbocycles. The molecule has 3 rings (SSSR count). The molecule has 130 valence electrons. The number of carboxylic acid groups (broad SMARTS) is 1. The summed E-state index contributed by atoms with van der Waals surface area (Å²) in [4.78, 5) is 27.6. The van der Waals surface area contributed by atoms with Crippen molar-refractivity contribution < 1.29 is 28.2 Å². The summed E-state index contributed by atoms with van der Waals surface area (Å²) >= 11 is 0. The minimum atomic E-state index is -2.95. The SMILES string of the molecule is O=C(O)C1(C(=O)NCc2ccc(OC(F)F)nc2)CC2(CCC2)C1. The first-order chi connectivity index (χ1) is 11.4. The topological polar surface area (TPSA) is 88.5 Å². The van der Waals surface area contributed by atoms with Crippen LogP contribution in [-0.2, 0) is 16.1 Å². The molecule has 1 heterocycles. The van der Waals surface area contributed by atoms with Gasteiger partial charge in [-0.3, -0.25) is 9.59 Å². The van der Waals surface area contributed by atoms with Gasteiger partial charge in [0.2, 0.25) is 11.8 Å². The van der Waals surface area contributed by atoms with Crippen molar-refractivity contribution in [2.75, 3.05) is 0 Å². The predicted molar refractivity (Wildman–Crippen MR) is 78.3 cm³/mol. The highest BCUT2D eigenvalue weighted by atomic mass is 19.3. The predicted octanol–water partition coefficient (Wildman–Crippen LogP) is 2.33. The van der Waals surface area contributed by atoms with E-state index in [4.69, 9.17) is 0 Å². The quantitative estimate of drug-likeness (QED) is 0.776. The molecule has 1 aromatic heterocycles. The van der Waals surface area contributed by atoms with Crippen molar-refractivity contribution in [3.8, 4) is 5.88 Å². The average molecular weight is 340 g/mol. The van der Waals surface area contributed by atoms with E-state index in [-0.39, 0.29) is 17.8 Å². The molecular weight excluding hydrogens is 322 g/mol. The van der Waals surface area contributed by atoms with Gasteiger partial charge < -0.3 is 15.2 Å². The maximum Gasteiger partial charge on any atom is 0.388 e. The first kappa shape index (κ1) is 16.6. The van der Waals surface area contributed by atoms with Crippen molar-refractivity contribution in [3.05, 3.63) is 23.9 Å². The van der Waals surface area contributed by atoms with Crippen LogP contribution in [0.2, 0.25) is 0 Å². The zero-order chi connectivity index (χ0) is 17.4. The van der Waals surface area contributed by atoms with Crippen LogP contribution in [0.4, 0.5) is 8.78 Å². The second-order valence-electron chi connectivity index (χ2n) is 6.66. The highest BCUT2D eigenvalue weighted by Gasteiger charge is 2.64. The number of carbonyl (C=O) groups excluding carboxylic acids is 1. The van der Waals surface area contributed by atoms with Gasteiger partial charge in [0.05, 0.1) is 0 Å². The lowest BCUT2D eigenvalue weighted by molar-refractivity contribution is -0.181. The number of hydrogen-bond donors (Lipinski definition) is 2. The lowest BCUT2D eigenvalue weighted by atomic mass is 9.45. The number of nitrogens with one attached hydrogen (secondary N) is 1. The first-order valence-electron chi connectivity index (χ1n) is 7.77. The van der Waals surface area contributed by atoms with E-state index in [2.05, 4.69) is 15.0 Å². The van der Waals surface area contributed by atoms with Crippen LogP contribution in [0, 0.1) is 10.8 Å². The van der Waals surface area contributed by atoms with Crippen LogP contribution in [-0.4, -0.2) is 28.6 Å². The van der Waals surface area contributed by atoms with Gasteiger partial charge in [-0.2, -0.15) is 8.78 Å². The molecule has 8 heteroatoms. The number of aliphatic carboxylic acids is 1. The Labute approximate surface area is 137 Å². The maximum absolute atomic E-state index is 12.4. The molecule has 1 amide bonds. The monoisotopic (exact) mass is 340 g/mol. The fraction of sp³-hybridized carbons (Fsp3) is 0.562. The van der Waals surface area contributed by atoms with E-state index < -0.39 is 23.9 Å². The Balaban J connectivity index is 1.57. The number of halogens is 2. The Morgan fingerprint density at radius 3 is 2.50 bits per heavy atom. The minimum Gasteiger partial charge on any atom is -0.480 e. The third-order valence-corrected chi connectivity index (χ3v) is 5.07. The fourth-order valence-corrected chi connectivity index (χ4v) is 3.70. The highest BCUT2D eigenvalue weighted by Crippen LogP contribution is 2.64. The molecule has 0 aliphatic heterocycles. The molecule has 1 aromatic rings. The van der Waals surface area contributed by atoms with Gasteiger partial charge in [-0.1, -0.05) is 12.5 Å². The van der Waals surface area contributed by atoms with Gasteiger partial charge in [0.1, 0.15) is 5.41 Å². The molecule has 0 bridgehead atoms. The lowest BCUT2D eigenvalue weighted by Gasteiger charge is -2.58. The maximum atomic E-state index is 12.4. The molecule has 2 N–H and O–H groups in total. The second-order valence-corrected chi connectivity index (χ2v) is 6.66. The molecule has 24 heavy (non-hydrogen) atoms. The summed E-state index contributed by atoms with van der Waals surface area (Å²) in [7, 11) is 0. The molecule has 2 fully saturated rings. The number of ether oxygens (including phenoxy) is 1. The van der Waals surface area contributed by atoms with E-state index in [0.29, 0.717) is 18.4 Å². The number of amides is 1. The normalized spacial score (nSPS) is 20.1. The van der Waals surface area contributed by atoms with Gasteiger partial charge in [-0.15, -0.1) is 0 Å². The number of alkyl halides is 2. The molecule has 2 aliphatic rings. The number of hydrogen-bond acceptors (Lipinski definition) is 4. The largest absolute Gasteiger partial charge is 0.480 e. The third-order valence-electron chi connectivity index (χ3n) is 5.07. The van der Waals surface area contributed by atoms with Crippen LogP contribution in [0.5, 0.6) is 5.88 Å². The van der Waals surface area contributed by atoms with Gasteiger partial charge in [-0.05, 0) is 36.7 Å². The molecule has 2 saturated carbocycles. The second kappa shape index (κ2) is 5.99. The summed E-state index contributed by atoms with van der Waals surface area (Å²) in [5.41, 5.74) is -0.721. The van der Waals surface area contributed by atoms with Crippen LogP contribution in [0.25, 0.3) is 0 Å². The van der Waals surface area contributed by atoms with Crippen molar-refractivity contribution in [2.45, 2.75) is 45.3 Å². The number of aromatic nitrogens is 1. The van der Waals surface area contributed by atoms with Crippen LogP contribution >= 0.6 is 0 Å². The minimum absolute atomic E-state index is 0.0472. The summed E-state index contributed by atoms with van der Waals surface area (Å²) in [5.74, 6) is -1.80. The van der Waals surface area contributed by atoms with Crippen molar-refractivity contribution in [1.82, 2.24) is 10.3 Å². The van der Waals surface area contributed by atoms with E-state index in [1.807, 2.05) is 0 Å². The Morgan fingerprint density at radius 2 is 2.04 bits per heavy atom. The molecule has 0 radical (unpaired) electrons. The smallest absolute Gasteiger partial charge is 0.388 e. The Morgan fingerprint density at radius 1 is 1.33 bits per heavy atom. The van der Waals surface area contributed by atoms with E-state index >= 15 is 0 Å². The number of nitrogens with zero attached hydrogens (tertiary/aromatic N) is 1. The van der Waals surface area contributed by atoms with Crippen molar-refractivity contribution >= 4 is 11.9 Å². The van der Waals surface area contributed by atoms with Crippen LogP contribution in [0.3, 0.4) is 0 Å². The molecular formula is C16H18F2N2O4. The van der Waals surface area contributed by atoms with E-state index in [1.165, 1.54) is 18.3 Å². The summed E-state index contributed by atoms with van der Waals surface area (Å²) in [6.07, 6.45) is 5.16. The summed E-state index contributed by atoms with van der Waals surface area (Å²) in [6, 6.07) is 2.76. The number of carboxylic acids is 1. The zero-order valence-corrected chi connectivity index (χ0v) is 12.9. The first-order valence-corrected chi connectivity index (χ1v) is 7.77. The third kappa shape index (κ3) is 2.92. The van der Waals surface area contributed by atoms with Gasteiger partial charge in [0.15, 0.2) is 0 Å². The molecule has 0 atom stereocenters. The summed E-state index contributed by atoms with van der Waals surface area (Å²) in [6.45, 7) is -2.86. The van der Waals surface area contributed by atoms with Gasteiger partial charge in [-0.25, -0.2) is 4.98 Å². The zero-order valence-electron chi connectivity index (χ0n) is 12.9. The standard InChI is InChI=1S/C16H18F2N2O4/c17-14(18)24-11-3-2-10(6-19-11)7-20-12(21)16(13(22)23)8-15(9-16)4-1-5-15/h2-3,6,14H,1,4-5,7-9H2,(H,20,21)(H,22,23). The van der Waals surface area contributed by atoms with E-state index in [1.54, 1.807) is 0 Å². The van der Waals surface area contributed by atoms with Gasteiger partial charge in [0.25, 0.3) is 0 Å². The Bertz CT molecular complexity index is 636. The van der Waals surface area contributed by atoms with Crippen molar-refractivity contribution in [1.29, 1.82) is 0 Å². The fourth-order valence-electron chi connectivity index (χ4n) is 3.70.